The molecule has 3 aromatic carbocycles. The van der Waals surface area contributed by atoms with Gasteiger partial charge in [-0.3, -0.25) is 9.59 Å². The van der Waals surface area contributed by atoms with E-state index in [1.807, 2.05) is 30.3 Å². The zero-order valence-electron chi connectivity index (χ0n) is 14.1. The lowest BCUT2D eigenvalue weighted by Crippen LogP contribution is -2.35. The van der Waals surface area contributed by atoms with Gasteiger partial charge in [0.25, 0.3) is 11.8 Å². The molecule has 0 aliphatic carbocycles. The van der Waals surface area contributed by atoms with Gasteiger partial charge in [-0.1, -0.05) is 65.7 Å². The van der Waals surface area contributed by atoms with E-state index < -0.39 is 5.91 Å². The maximum atomic E-state index is 12.4. The summed E-state index contributed by atoms with van der Waals surface area (Å²) in [7, 11) is 0. The summed E-state index contributed by atoms with van der Waals surface area (Å²) in [5.41, 5.74) is 3.34. The monoisotopic (exact) mass is 399 g/mol. The molecule has 0 aromatic heterocycles. The number of nitrogens with one attached hydrogen (secondary N) is 2. The Kier molecular flexibility index (Phi) is 6.06. The topological polar surface area (TPSA) is 70.6 Å². The molecule has 5 nitrogen and oxygen atoms in total. The number of carbonyl (C=O) groups excluding carboxylic acids is 2. The lowest BCUT2D eigenvalue weighted by atomic mass is 10.0. The maximum absolute atomic E-state index is 12.4. The van der Waals surface area contributed by atoms with Crippen molar-refractivity contribution in [2.45, 2.75) is 0 Å². The van der Waals surface area contributed by atoms with Crippen LogP contribution in [0.1, 0.15) is 15.9 Å². The Labute approximate surface area is 166 Å². The van der Waals surface area contributed by atoms with Gasteiger partial charge in [-0.05, 0) is 29.0 Å². The smallest absolute Gasteiger partial charge is 0.259 e. The average Bonchev–Trinajstić information content (AvgIpc) is 2.68. The summed E-state index contributed by atoms with van der Waals surface area (Å²) in [6.07, 6.45) is 1.36. The first-order valence-electron chi connectivity index (χ1n) is 8.08. The van der Waals surface area contributed by atoms with E-state index in [0.29, 0.717) is 21.2 Å². The first-order valence-corrected chi connectivity index (χ1v) is 8.84. The Morgan fingerprint density at radius 2 is 1.59 bits per heavy atom. The predicted molar refractivity (Wildman–Crippen MR) is 108 cm³/mol. The molecule has 3 rings (SSSR count). The first kappa shape index (κ1) is 18.9. The molecule has 136 valence electrons. The van der Waals surface area contributed by atoms with E-state index in [1.54, 1.807) is 30.3 Å². The van der Waals surface area contributed by atoms with Crippen LogP contribution in [0.25, 0.3) is 10.8 Å². The molecule has 0 bridgehead atoms. The SMILES string of the molecule is O=C(CNC(=O)c1cccc2ccccc12)NN=Cc1c(Cl)cccc1Cl. The van der Waals surface area contributed by atoms with Crippen LogP contribution in [-0.2, 0) is 4.79 Å². The number of rotatable bonds is 5. The Morgan fingerprint density at radius 3 is 2.37 bits per heavy atom. The van der Waals surface area contributed by atoms with Gasteiger partial charge in [0.2, 0.25) is 0 Å². The molecule has 2 N–H and O–H groups in total. The summed E-state index contributed by atoms with van der Waals surface area (Å²) in [4.78, 5) is 24.3. The van der Waals surface area contributed by atoms with Crippen LogP contribution in [0.5, 0.6) is 0 Å². The van der Waals surface area contributed by atoms with Gasteiger partial charge >= 0.3 is 0 Å². The van der Waals surface area contributed by atoms with Crippen LogP contribution in [0.2, 0.25) is 10.0 Å². The molecule has 0 aliphatic heterocycles. The van der Waals surface area contributed by atoms with E-state index in [4.69, 9.17) is 23.2 Å². The number of carbonyl (C=O) groups is 2. The van der Waals surface area contributed by atoms with Crippen LogP contribution in [0.15, 0.2) is 65.8 Å². The zero-order valence-corrected chi connectivity index (χ0v) is 15.6. The predicted octanol–water partition coefficient (Wildman–Crippen LogP) is 4.03. The number of benzene rings is 3. The number of fused-ring (bicyclic) bond motifs is 1. The van der Waals surface area contributed by atoms with Crippen molar-refractivity contribution in [3.63, 3.8) is 0 Å². The van der Waals surface area contributed by atoms with Crippen LogP contribution in [0.4, 0.5) is 0 Å². The molecule has 2 amide bonds. The third-order valence-electron chi connectivity index (χ3n) is 3.83. The van der Waals surface area contributed by atoms with Crippen LogP contribution < -0.4 is 10.7 Å². The highest BCUT2D eigenvalue weighted by Gasteiger charge is 2.11. The Bertz CT molecular complexity index is 1010. The van der Waals surface area contributed by atoms with Crippen molar-refractivity contribution in [2.24, 2.45) is 5.10 Å². The van der Waals surface area contributed by atoms with Crippen molar-refractivity contribution < 1.29 is 9.59 Å². The number of hydrogen-bond donors (Lipinski definition) is 2. The van der Waals surface area contributed by atoms with Gasteiger partial charge in [0.15, 0.2) is 0 Å². The number of halogens is 2. The van der Waals surface area contributed by atoms with Crippen molar-refractivity contribution in [3.05, 3.63) is 81.8 Å². The minimum absolute atomic E-state index is 0.213. The number of amides is 2. The van der Waals surface area contributed by atoms with Gasteiger partial charge in [-0.25, -0.2) is 5.43 Å². The molecule has 0 spiro atoms. The molecule has 0 aliphatic rings. The van der Waals surface area contributed by atoms with Crippen molar-refractivity contribution >= 4 is 52.0 Å². The quantitative estimate of drug-likeness (QED) is 0.502. The molecule has 7 heteroatoms. The highest BCUT2D eigenvalue weighted by Crippen LogP contribution is 2.22. The fourth-order valence-electron chi connectivity index (χ4n) is 2.52. The lowest BCUT2D eigenvalue weighted by Gasteiger charge is -2.07. The highest BCUT2D eigenvalue weighted by molar-refractivity contribution is 6.38. The Balaban J connectivity index is 1.59. The van der Waals surface area contributed by atoms with Crippen LogP contribution in [0.3, 0.4) is 0 Å². The fraction of sp³-hybridized carbons (Fsp3) is 0.0500. The third-order valence-corrected chi connectivity index (χ3v) is 4.49. The normalized spacial score (nSPS) is 10.9. The minimum Gasteiger partial charge on any atom is -0.343 e. The molecule has 0 unspecified atom stereocenters. The van der Waals surface area contributed by atoms with E-state index in [2.05, 4.69) is 15.8 Å². The fourth-order valence-corrected chi connectivity index (χ4v) is 3.02. The van der Waals surface area contributed by atoms with E-state index in [9.17, 15) is 9.59 Å². The second-order valence-corrected chi connectivity index (χ2v) is 6.45. The number of hydrogen-bond acceptors (Lipinski definition) is 3. The zero-order chi connectivity index (χ0) is 19.2. The first-order chi connectivity index (χ1) is 13.1. The summed E-state index contributed by atoms with van der Waals surface area (Å²) < 4.78 is 0. The van der Waals surface area contributed by atoms with Crippen molar-refractivity contribution in [3.8, 4) is 0 Å². The Hall–Kier alpha value is -2.89. The van der Waals surface area contributed by atoms with Crippen molar-refractivity contribution in [1.29, 1.82) is 0 Å². The minimum atomic E-state index is -0.469. The summed E-state index contributed by atoms with van der Waals surface area (Å²) in [6, 6.07) is 18.0. The molecule has 0 saturated heterocycles. The standard InChI is InChI=1S/C20H15Cl2N3O2/c21-17-9-4-10-18(22)16(17)11-24-25-19(26)12-23-20(27)15-8-3-6-13-5-1-2-7-14(13)15/h1-11H,12H2,(H,23,27)(H,25,26). The van der Waals surface area contributed by atoms with Gasteiger partial charge in [-0.15, -0.1) is 0 Å². The lowest BCUT2D eigenvalue weighted by molar-refractivity contribution is -0.120. The van der Waals surface area contributed by atoms with Crippen molar-refractivity contribution in [1.82, 2.24) is 10.7 Å². The second-order valence-electron chi connectivity index (χ2n) is 5.64. The van der Waals surface area contributed by atoms with E-state index in [0.717, 1.165) is 10.8 Å². The third kappa shape index (κ3) is 4.64. The van der Waals surface area contributed by atoms with Crippen LogP contribution >= 0.6 is 23.2 Å². The van der Waals surface area contributed by atoms with Crippen LogP contribution in [-0.4, -0.2) is 24.6 Å². The molecule has 0 fully saturated rings. The molecule has 0 heterocycles. The van der Waals surface area contributed by atoms with Crippen LogP contribution in [0, 0.1) is 0 Å². The summed E-state index contributed by atoms with van der Waals surface area (Å²) in [6.45, 7) is -0.213. The molecule has 27 heavy (non-hydrogen) atoms. The molecule has 0 radical (unpaired) electrons. The summed E-state index contributed by atoms with van der Waals surface area (Å²) in [5, 5.41) is 9.02. The van der Waals surface area contributed by atoms with Gasteiger partial charge in [0, 0.05) is 11.1 Å². The second kappa shape index (κ2) is 8.66. The molecule has 0 saturated carbocycles. The van der Waals surface area contributed by atoms with Gasteiger partial charge in [-0.2, -0.15) is 5.10 Å². The molecular formula is C20H15Cl2N3O2. The molecule has 0 atom stereocenters. The summed E-state index contributed by atoms with van der Waals surface area (Å²) >= 11 is 12.0. The average molecular weight is 400 g/mol. The molecule has 3 aromatic rings. The maximum Gasteiger partial charge on any atom is 0.259 e. The van der Waals surface area contributed by atoms with Gasteiger partial charge in [0.1, 0.15) is 0 Å². The van der Waals surface area contributed by atoms with E-state index in [1.165, 1.54) is 6.21 Å². The van der Waals surface area contributed by atoms with Gasteiger partial charge in [0.05, 0.1) is 22.8 Å². The number of hydrazone groups is 1. The summed E-state index contributed by atoms with van der Waals surface area (Å²) in [5.74, 6) is -0.803. The number of nitrogens with zero attached hydrogens (tertiary/aromatic N) is 1. The highest BCUT2D eigenvalue weighted by atomic mass is 35.5. The van der Waals surface area contributed by atoms with Gasteiger partial charge < -0.3 is 5.32 Å². The van der Waals surface area contributed by atoms with E-state index in [-0.39, 0.29) is 12.5 Å². The largest absolute Gasteiger partial charge is 0.343 e. The Morgan fingerprint density at radius 1 is 0.926 bits per heavy atom. The van der Waals surface area contributed by atoms with Crippen molar-refractivity contribution in [2.75, 3.05) is 6.54 Å². The van der Waals surface area contributed by atoms with E-state index >= 15 is 0 Å². The molecular weight excluding hydrogens is 385 g/mol.